The number of thiazole rings is 1. The van der Waals surface area contributed by atoms with Crippen molar-refractivity contribution in [2.24, 2.45) is 35.3 Å². The molecular formula is C70H105N11O14S. The molecule has 2 aromatic carbocycles. The number of amides is 11. The molecule has 3 aromatic rings. The fourth-order valence-electron chi connectivity index (χ4n) is 11.2. The summed E-state index contributed by atoms with van der Waals surface area (Å²) in [6.07, 6.45) is 6.27. The van der Waals surface area contributed by atoms with Crippen LogP contribution in [0.3, 0.4) is 0 Å². The third-order valence-electron chi connectivity index (χ3n) is 17.2. The summed E-state index contributed by atoms with van der Waals surface area (Å²) in [6, 6.07) is 10.2. The van der Waals surface area contributed by atoms with Crippen LogP contribution in [-0.2, 0) is 60.9 Å². The quantitative estimate of drug-likeness (QED) is 0.0195. The fraction of sp³-hybridized carbons (Fsp3) is 0.600. The van der Waals surface area contributed by atoms with Gasteiger partial charge in [-0.1, -0.05) is 138 Å². The first-order valence-electron chi connectivity index (χ1n) is 33.9. The molecule has 4 rings (SSSR count). The van der Waals surface area contributed by atoms with Crippen LogP contribution in [0.2, 0.25) is 0 Å². The maximum atomic E-state index is 15.3. The van der Waals surface area contributed by atoms with Crippen molar-refractivity contribution in [3.05, 3.63) is 94.0 Å². The summed E-state index contributed by atoms with van der Waals surface area (Å²) >= 11 is 1.28. The zero-order valence-electron chi connectivity index (χ0n) is 58.1. The number of rotatable bonds is 43. The Balaban J connectivity index is 1.45. The number of carbonyl (C=O) groups excluding carboxylic acids is 10. The SMILES string of the molecule is CCCO[C@H](C[C@H](C(C)C)N(CCC)C(=O)[C@@H](NC(=O)[C@H](C(C)CC)N(C)C(=O)OCc1ccc(NC(=O)[C@H](CCCNC(N)=O)NC(=O)[C@@H](NC(=O)CCCCCN2C(=O)C=CC2=O)C(C)C)cc1)[C@@H](C)CC)c1nc(C(=O)N[C@@H](Cc2ccccc2)C[C@H](C)C(=O)O)cs1. The van der Waals surface area contributed by atoms with Crippen LogP contribution in [0.5, 0.6) is 0 Å². The lowest BCUT2D eigenvalue weighted by atomic mass is 9.91. The van der Waals surface area contributed by atoms with Crippen LogP contribution in [0, 0.1) is 29.6 Å². The Labute approximate surface area is 569 Å². The van der Waals surface area contributed by atoms with E-state index >= 15 is 4.79 Å². The smallest absolute Gasteiger partial charge is 0.410 e. The molecule has 1 aromatic heterocycles. The maximum absolute atomic E-state index is 15.3. The number of benzene rings is 2. The Morgan fingerprint density at radius 3 is 1.98 bits per heavy atom. The van der Waals surface area contributed by atoms with Gasteiger partial charge in [0.15, 0.2) is 0 Å². The maximum Gasteiger partial charge on any atom is 0.410 e. The number of hydrogen-bond acceptors (Lipinski definition) is 15. The van der Waals surface area contributed by atoms with Gasteiger partial charge in [-0.2, -0.15) is 0 Å². The Morgan fingerprint density at radius 1 is 0.719 bits per heavy atom. The lowest BCUT2D eigenvalue weighted by Crippen LogP contribution is -2.59. The van der Waals surface area contributed by atoms with Crippen molar-refractivity contribution in [3.63, 3.8) is 0 Å². The molecule has 0 spiro atoms. The standard InChI is InChI=1S/C70H105N11O14S/c1-13-35-80(54(43(5)6)40-55(94-37-14-2)66-76-53(42-96-66)63(86)74-51(38-47(11)68(90)91)39-48-24-19-17-20-25-48)67(89)60(45(9)15-3)78-65(88)61(46(10)16-4)79(12)70(93)95-41-49-28-30-50(31-29-49)73-62(85)52(26-23-34-72-69(71)92)75-64(87)59(44(7)8)77-56(82)27-21-18-22-36-81-57(83)32-33-58(81)84/h17,19-20,24-25,28-33,42-47,51-52,54-55,59-61H,13-16,18,21-23,26-27,34-41H2,1-12H3,(H,73,85)(H,74,86)(H,75,87)(H,77,82)(H,78,88)(H,90,91)(H3,71,72,92)/t45-,46?,47-,51+,52-,54+,55+,59-,60-,61-/m0/s1. The first-order chi connectivity index (χ1) is 45.6. The number of urea groups is 1. The van der Waals surface area contributed by atoms with Crippen LogP contribution in [0.25, 0.3) is 0 Å². The van der Waals surface area contributed by atoms with Crippen molar-refractivity contribution in [3.8, 4) is 0 Å². The highest BCUT2D eigenvalue weighted by Crippen LogP contribution is 2.32. The molecule has 10 atom stereocenters. The Bertz CT molecular complexity index is 3050. The molecule has 0 aliphatic carbocycles. The van der Waals surface area contributed by atoms with Gasteiger partial charge in [-0.3, -0.25) is 53.0 Å². The largest absolute Gasteiger partial charge is 0.481 e. The molecule has 0 fully saturated rings. The van der Waals surface area contributed by atoms with Crippen LogP contribution in [-0.4, -0.2) is 160 Å². The first-order valence-corrected chi connectivity index (χ1v) is 34.7. The zero-order valence-corrected chi connectivity index (χ0v) is 58.9. The summed E-state index contributed by atoms with van der Waals surface area (Å²) in [5, 5.41) is 28.9. The number of aromatic nitrogens is 1. The van der Waals surface area contributed by atoms with Crippen molar-refractivity contribution in [2.45, 2.75) is 209 Å². The molecule has 530 valence electrons. The summed E-state index contributed by atoms with van der Waals surface area (Å²) in [7, 11) is 1.48. The second-order valence-electron chi connectivity index (χ2n) is 25.7. The molecule has 0 saturated carbocycles. The Hall–Kier alpha value is -8.26. The molecular weight excluding hydrogens is 1250 g/mol. The zero-order chi connectivity index (χ0) is 71.2. The summed E-state index contributed by atoms with van der Waals surface area (Å²) in [4.78, 5) is 155. The minimum absolute atomic E-state index is 0.0879. The number of carboxylic acids is 1. The van der Waals surface area contributed by atoms with Gasteiger partial charge >= 0.3 is 18.1 Å². The molecule has 26 heteroatoms. The first kappa shape index (κ1) is 80.2. The summed E-state index contributed by atoms with van der Waals surface area (Å²) < 4.78 is 12.3. The third kappa shape index (κ3) is 25.7. The van der Waals surface area contributed by atoms with E-state index in [0.29, 0.717) is 87.2 Å². The summed E-state index contributed by atoms with van der Waals surface area (Å²) in [5.41, 5.74) is 7.26. The number of aliphatic carboxylic acids is 1. The molecule has 1 aliphatic rings. The van der Waals surface area contributed by atoms with E-state index in [0.717, 1.165) is 10.5 Å². The van der Waals surface area contributed by atoms with Crippen molar-refractivity contribution in [1.29, 1.82) is 0 Å². The minimum Gasteiger partial charge on any atom is -0.481 e. The average Bonchev–Trinajstić information content (AvgIpc) is 1.12. The van der Waals surface area contributed by atoms with Gasteiger partial charge in [-0.25, -0.2) is 14.6 Å². The number of likely N-dealkylation sites (N-methyl/N-ethyl adjacent to an activating group) is 1. The number of anilines is 1. The van der Waals surface area contributed by atoms with E-state index in [1.54, 1.807) is 50.4 Å². The highest BCUT2D eigenvalue weighted by Gasteiger charge is 2.40. The predicted molar refractivity (Wildman–Crippen MR) is 367 cm³/mol. The van der Waals surface area contributed by atoms with Crippen LogP contribution in [0.1, 0.15) is 186 Å². The molecule has 11 amide bonds. The van der Waals surface area contributed by atoms with Gasteiger partial charge in [0.1, 0.15) is 47.6 Å². The van der Waals surface area contributed by atoms with E-state index in [9.17, 15) is 53.1 Å². The lowest BCUT2D eigenvalue weighted by molar-refractivity contribution is -0.143. The highest BCUT2D eigenvalue weighted by molar-refractivity contribution is 7.09. The van der Waals surface area contributed by atoms with Crippen molar-refractivity contribution >= 4 is 82.4 Å². The van der Waals surface area contributed by atoms with Gasteiger partial charge in [0, 0.05) is 81.4 Å². The number of nitrogens with two attached hydrogens (primary N) is 1. The normalized spacial score (nSPS) is 15.2. The number of carbonyl (C=O) groups is 11. The molecule has 1 unspecified atom stereocenters. The van der Waals surface area contributed by atoms with Crippen LogP contribution >= 0.6 is 11.3 Å². The molecule has 0 radical (unpaired) electrons. The van der Waals surface area contributed by atoms with Gasteiger partial charge in [0.05, 0.1) is 5.92 Å². The number of primary amides is 1. The number of ether oxygens (including phenoxy) is 2. The average molecular weight is 1360 g/mol. The van der Waals surface area contributed by atoms with E-state index in [1.165, 1.54) is 35.4 Å². The number of carboxylic acid groups (broad SMARTS) is 1. The molecule has 96 heavy (non-hydrogen) atoms. The van der Waals surface area contributed by atoms with E-state index in [1.807, 2.05) is 90.6 Å². The molecule has 25 nitrogen and oxygen atoms in total. The topological polar surface area (TPSA) is 347 Å². The van der Waals surface area contributed by atoms with Crippen molar-refractivity contribution in [1.82, 2.24) is 46.3 Å². The lowest BCUT2D eigenvalue weighted by Gasteiger charge is -2.40. The minimum atomic E-state index is -1.11. The van der Waals surface area contributed by atoms with Gasteiger partial charge in [0.25, 0.3) is 17.7 Å². The van der Waals surface area contributed by atoms with Gasteiger partial charge in [0.2, 0.25) is 29.5 Å². The van der Waals surface area contributed by atoms with E-state index < -0.39 is 90.0 Å². The second kappa shape index (κ2) is 41.0. The van der Waals surface area contributed by atoms with Crippen LogP contribution in [0.4, 0.5) is 15.3 Å². The molecule has 0 saturated heterocycles. The number of unbranched alkanes of at least 4 members (excludes halogenated alkanes) is 2. The molecule has 9 N–H and O–H groups in total. The molecule has 1 aliphatic heterocycles. The van der Waals surface area contributed by atoms with Gasteiger partial charge in [-0.15, -0.1) is 11.3 Å². The van der Waals surface area contributed by atoms with Gasteiger partial charge < -0.3 is 57.1 Å². The van der Waals surface area contributed by atoms with E-state index in [2.05, 4.69) is 31.9 Å². The molecule has 0 bridgehead atoms. The van der Waals surface area contributed by atoms with Gasteiger partial charge in [-0.05, 0) is 98.3 Å². The highest BCUT2D eigenvalue weighted by atomic mass is 32.1. The van der Waals surface area contributed by atoms with Crippen LogP contribution < -0.4 is 37.6 Å². The Morgan fingerprint density at radius 2 is 1.39 bits per heavy atom. The fourth-order valence-corrected chi connectivity index (χ4v) is 12.1. The van der Waals surface area contributed by atoms with Crippen molar-refractivity contribution < 1.29 is 67.3 Å². The number of imide groups is 1. The van der Waals surface area contributed by atoms with E-state index in [-0.39, 0.29) is 98.4 Å². The Kier molecular flexibility index (Phi) is 34.2. The number of nitrogens with one attached hydrogen (secondary N) is 6. The molecule has 2 heterocycles. The second-order valence-corrected chi connectivity index (χ2v) is 26.5. The number of nitrogens with zero attached hydrogens (tertiary/aromatic N) is 4. The van der Waals surface area contributed by atoms with Crippen molar-refractivity contribution in [2.75, 3.05) is 38.6 Å². The van der Waals surface area contributed by atoms with E-state index in [4.69, 9.17) is 20.2 Å². The van der Waals surface area contributed by atoms with Crippen LogP contribution in [0.15, 0.2) is 72.1 Å². The third-order valence-corrected chi connectivity index (χ3v) is 18.2. The monoisotopic (exact) mass is 1360 g/mol. The predicted octanol–water partition coefficient (Wildman–Crippen LogP) is 8.43. The summed E-state index contributed by atoms with van der Waals surface area (Å²) in [5.74, 6) is -6.41. The summed E-state index contributed by atoms with van der Waals surface area (Å²) in [6.45, 7) is 21.6. The number of hydrogen-bond donors (Lipinski definition) is 8.